The fourth-order valence-corrected chi connectivity index (χ4v) is 2.11. The third-order valence-corrected chi connectivity index (χ3v) is 3.39. The Morgan fingerprint density at radius 2 is 1.87 bits per heavy atom. The second kappa shape index (κ2) is 7.09. The number of nitrogens with zero attached hydrogens (tertiary/aromatic N) is 2. The van der Waals surface area contributed by atoms with Gasteiger partial charge in [-0.2, -0.15) is 0 Å². The minimum absolute atomic E-state index is 0.0454. The zero-order valence-corrected chi connectivity index (χ0v) is 13.8. The largest absolute Gasteiger partial charge is 0.360 e. The van der Waals surface area contributed by atoms with Crippen LogP contribution >= 0.6 is 0 Å². The van der Waals surface area contributed by atoms with Crippen LogP contribution in [0.5, 0.6) is 0 Å². The SMILES string of the molecule is Cc1ccc(C(=O)N(CC(=O)Nc2cc(C)on2)C(C)C)cc1. The molecule has 1 N–H and O–H groups in total. The smallest absolute Gasteiger partial charge is 0.254 e. The molecule has 2 aromatic rings. The zero-order valence-electron chi connectivity index (χ0n) is 13.8. The molecule has 122 valence electrons. The highest BCUT2D eigenvalue weighted by Crippen LogP contribution is 2.11. The van der Waals surface area contributed by atoms with Gasteiger partial charge in [-0.3, -0.25) is 9.59 Å². The highest BCUT2D eigenvalue weighted by atomic mass is 16.5. The zero-order chi connectivity index (χ0) is 17.0. The van der Waals surface area contributed by atoms with E-state index in [1.807, 2.05) is 32.9 Å². The predicted octanol–water partition coefficient (Wildman–Crippen LogP) is 2.78. The molecule has 1 aromatic heterocycles. The normalized spacial score (nSPS) is 10.7. The van der Waals surface area contributed by atoms with E-state index in [0.717, 1.165) is 5.56 Å². The van der Waals surface area contributed by atoms with E-state index < -0.39 is 0 Å². The van der Waals surface area contributed by atoms with Crippen molar-refractivity contribution in [2.24, 2.45) is 0 Å². The Kier molecular flexibility index (Phi) is 5.16. The summed E-state index contributed by atoms with van der Waals surface area (Å²) in [6, 6.07) is 8.82. The average molecular weight is 315 g/mol. The Morgan fingerprint density at radius 1 is 1.22 bits per heavy atom. The number of hydrogen-bond acceptors (Lipinski definition) is 4. The molecule has 2 amide bonds. The molecule has 0 aliphatic heterocycles. The number of carbonyl (C=O) groups excluding carboxylic acids is 2. The van der Waals surface area contributed by atoms with Crippen LogP contribution in [0.4, 0.5) is 5.82 Å². The summed E-state index contributed by atoms with van der Waals surface area (Å²) >= 11 is 0. The van der Waals surface area contributed by atoms with E-state index in [4.69, 9.17) is 4.52 Å². The van der Waals surface area contributed by atoms with Crippen LogP contribution in [-0.4, -0.2) is 34.5 Å². The summed E-state index contributed by atoms with van der Waals surface area (Å²) < 4.78 is 4.90. The number of aromatic nitrogens is 1. The highest BCUT2D eigenvalue weighted by Gasteiger charge is 2.22. The average Bonchev–Trinajstić information content (AvgIpc) is 2.89. The fourth-order valence-electron chi connectivity index (χ4n) is 2.11. The summed E-state index contributed by atoms with van der Waals surface area (Å²) in [5.41, 5.74) is 1.64. The van der Waals surface area contributed by atoms with Crippen molar-refractivity contribution in [2.75, 3.05) is 11.9 Å². The maximum atomic E-state index is 12.6. The molecule has 0 saturated heterocycles. The molecule has 0 aliphatic rings. The van der Waals surface area contributed by atoms with Crippen LogP contribution in [0.15, 0.2) is 34.9 Å². The van der Waals surface area contributed by atoms with Gasteiger partial charge in [-0.15, -0.1) is 0 Å². The van der Waals surface area contributed by atoms with E-state index in [1.54, 1.807) is 25.1 Å². The second-order valence-corrected chi connectivity index (χ2v) is 5.76. The molecule has 0 radical (unpaired) electrons. The van der Waals surface area contributed by atoms with E-state index in [0.29, 0.717) is 17.1 Å². The minimum atomic E-state index is -0.313. The van der Waals surface area contributed by atoms with Crippen molar-refractivity contribution in [1.82, 2.24) is 10.1 Å². The molecule has 23 heavy (non-hydrogen) atoms. The van der Waals surface area contributed by atoms with Gasteiger partial charge in [0.15, 0.2) is 5.82 Å². The van der Waals surface area contributed by atoms with Gasteiger partial charge in [0.2, 0.25) is 5.91 Å². The number of nitrogens with one attached hydrogen (secondary N) is 1. The van der Waals surface area contributed by atoms with Gasteiger partial charge in [0.25, 0.3) is 5.91 Å². The van der Waals surface area contributed by atoms with Crippen LogP contribution in [0.3, 0.4) is 0 Å². The summed E-state index contributed by atoms with van der Waals surface area (Å²) in [7, 11) is 0. The first-order valence-corrected chi connectivity index (χ1v) is 7.47. The maximum absolute atomic E-state index is 12.6. The standard InChI is InChI=1S/C17H21N3O3/c1-11(2)20(17(22)14-7-5-12(3)6-8-14)10-16(21)18-15-9-13(4)23-19-15/h5-9,11H,10H2,1-4H3,(H,18,19,21). The molecular weight excluding hydrogens is 294 g/mol. The first-order chi connectivity index (χ1) is 10.9. The van der Waals surface area contributed by atoms with Crippen LogP contribution in [0.1, 0.15) is 35.5 Å². The molecule has 6 nitrogen and oxygen atoms in total. The summed E-state index contributed by atoms with van der Waals surface area (Å²) in [6.07, 6.45) is 0. The molecule has 0 aliphatic carbocycles. The fraction of sp³-hybridized carbons (Fsp3) is 0.353. The van der Waals surface area contributed by atoms with E-state index >= 15 is 0 Å². The summed E-state index contributed by atoms with van der Waals surface area (Å²) in [5, 5.41) is 6.34. The molecule has 1 aromatic carbocycles. The molecule has 0 fully saturated rings. The third-order valence-electron chi connectivity index (χ3n) is 3.39. The minimum Gasteiger partial charge on any atom is -0.360 e. The van der Waals surface area contributed by atoms with E-state index in [-0.39, 0.29) is 24.4 Å². The van der Waals surface area contributed by atoms with Gasteiger partial charge in [0.05, 0.1) is 0 Å². The van der Waals surface area contributed by atoms with Gasteiger partial charge in [-0.25, -0.2) is 0 Å². The summed E-state index contributed by atoms with van der Waals surface area (Å²) in [6.45, 7) is 7.40. The molecule has 0 unspecified atom stereocenters. The number of carbonyl (C=O) groups is 2. The van der Waals surface area contributed by atoms with Crippen molar-refractivity contribution in [3.63, 3.8) is 0 Å². The van der Waals surface area contributed by atoms with Gasteiger partial charge < -0.3 is 14.7 Å². The summed E-state index contributed by atoms with van der Waals surface area (Å²) in [5.74, 6) is 0.467. The van der Waals surface area contributed by atoms with Gasteiger partial charge >= 0.3 is 0 Å². The van der Waals surface area contributed by atoms with E-state index in [2.05, 4.69) is 10.5 Å². The third kappa shape index (κ3) is 4.42. The Hall–Kier alpha value is -2.63. The van der Waals surface area contributed by atoms with Crippen molar-refractivity contribution in [3.05, 3.63) is 47.2 Å². The Bertz CT molecular complexity index is 689. The predicted molar refractivity (Wildman–Crippen MR) is 87.2 cm³/mol. The van der Waals surface area contributed by atoms with Crippen LogP contribution in [0, 0.1) is 13.8 Å². The molecular formula is C17H21N3O3. The first kappa shape index (κ1) is 16.7. The molecule has 0 bridgehead atoms. The van der Waals surface area contributed by atoms with Crippen LogP contribution in [0.2, 0.25) is 0 Å². The van der Waals surface area contributed by atoms with Crippen molar-refractivity contribution >= 4 is 17.6 Å². The number of rotatable bonds is 5. The lowest BCUT2D eigenvalue weighted by atomic mass is 10.1. The van der Waals surface area contributed by atoms with Crippen LogP contribution in [-0.2, 0) is 4.79 Å². The van der Waals surface area contributed by atoms with Crippen LogP contribution in [0.25, 0.3) is 0 Å². The van der Waals surface area contributed by atoms with Crippen molar-refractivity contribution in [3.8, 4) is 0 Å². The molecule has 0 saturated carbocycles. The Balaban J connectivity index is 2.07. The van der Waals surface area contributed by atoms with E-state index in [1.165, 1.54) is 4.90 Å². The van der Waals surface area contributed by atoms with Crippen molar-refractivity contribution in [2.45, 2.75) is 33.7 Å². The number of anilines is 1. The van der Waals surface area contributed by atoms with Crippen molar-refractivity contribution < 1.29 is 14.1 Å². The second-order valence-electron chi connectivity index (χ2n) is 5.76. The lowest BCUT2D eigenvalue weighted by Gasteiger charge is -2.26. The van der Waals surface area contributed by atoms with Crippen molar-refractivity contribution in [1.29, 1.82) is 0 Å². The quantitative estimate of drug-likeness (QED) is 0.920. The topological polar surface area (TPSA) is 75.4 Å². The molecule has 6 heteroatoms. The molecule has 0 atom stereocenters. The number of amides is 2. The Labute approximate surface area is 135 Å². The molecule has 1 heterocycles. The Morgan fingerprint density at radius 3 is 2.39 bits per heavy atom. The van der Waals surface area contributed by atoms with Gasteiger partial charge in [-0.05, 0) is 39.8 Å². The van der Waals surface area contributed by atoms with Gasteiger partial charge in [0, 0.05) is 17.7 Å². The maximum Gasteiger partial charge on any atom is 0.254 e. The van der Waals surface area contributed by atoms with E-state index in [9.17, 15) is 9.59 Å². The van der Waals surface area contributed by atoms with Gasteiger partial charge in [0.1, 0.15) is 12.3 Å². The number of hydrogen-bond donors (Lipinski definition) is 1. The lowest BCUT2D eigenvalue weighted by molar-refractivity contribution is -0.117. The summed E-state index contributed by atoms with van der Waals surface area (Å²) in [4.78, 5) is 26.3. The number of benzene rings is 1. The number of aryl methyl sites for hydroxylation is 2. The first-order valence-electron chi connectivity index (χ1n) is 7.47. The van der Waals surface area contributed by atoms with Gasteiger partial charge in [-0.1, -0.05) is 22.9 Å². The molecule has 0 spiro atoms. The lowest BCUT2D eigenvalue weighted by Crippen LogP contribution is -2.42. The molecule has 2 rings (SSSR count). The highest BCUT2D eigenvalue weighted by molar-refractivity contribution is 5.99. The monoisotopic (exact) mass is 315 g/mol. The van der Waals surface area contributed by atoms with Crippen LogP contribution < -0.4 is 5.32 Å².